The summed E-state index contributed by atoms with van der Waals surface area (Å²) in [4.78, 5) is 45.8. The van der Waals surface area contributed by atoms with Gasteiger partial charge in [0.15, 0.2) is 0 Å². The van der Waals surface area contributed by atoms with Crippen molar-refractivity contribution in [3.05, 3.63) is 0 Å². The van der Waals surface area contributed by atoms with Crippen molar-refractivity contribution >= 4 is 24.2 Å². The second-order valence-electron chi connectivity index (χ2n) is 13.9. The first-order valence-electron chi connectivity index (χ1n) is 15.3. The molecule has 8 heteroatoms. The Morgan fingerprint density at radius 2 is 1.64 bits per heavy atom. The van der Waals surface area contributed by atoms with Crippen molar-refractivity contribution in [1.82, 2.24) is 0 Å². The standard InChI is InChI=1S/C31H49NO7/c1-18(4-5-19(17-33)28(36)37)23-8-9-24-22-7-6-20-16-21(39-29(38)26(32)10-11-27(34)35)12-14-30(20,2)25(22)13-15-31(23,24)3/h17-26H,4-16,32H2,1-3H3,(H,34,35)(H,36,37)/t18-,19?,20?,21?,22?,23?,24?,25?,26+,30+,31?/m1/s1. The molecule has 39 heavy (non-hydrogen) atoms. The van der Waals surface area contributed by atoms with E-state index in [-0.39, 0.29) is 29.8 Å². The summed E-state index contributed by atoms with van der Waals surface area (Å²) in [7, 11) is 0. The van der Waals surface area contributed by atoms with Crippen LogP contribution in [0, 0.1) is 52.3 Å². The Kier molecular flexibility index (Phi) is 9.14. The van der Waals surface area contributed by atoms with Gasteiger partial charge in [0.05, 0.1) is 0 Å². The molecule has 0 aliphatic heterocycles. The van der Waals surface area contributed by atoms with E-state index in [1.54, 1.807) is 0 Å². The Bertz CT molecular complexity index is 938. The molecule has 0 heterocycles. The van der Waals surface area contributed by atoms with Gasteiger partial charge in [-0.15, -0.1) is 0 Å². The molecule has 0 radical (unpaired) electrons. The van der Waals surface area contributed by atoms with Crippen LogP contribution >= 0.6 is 0 Å². The average Bonchev–Trinajstić information content (AvgIpc) is 3.24. The lowest BCUT2D eigenvalue weighted by Crippen LogP contribution is -2.54. The number of carboxylic acids is 2. The van der Waals surface area contributed by atoms with Gasteiger partial charge < -0.3 is 25.5 Å². The van der Waals surface area contributed by atoms with Crippen molar-refractivity contribution in [2.75, 3.05) is 0 Å². The lowest BCUT2D eigenvalue weighted by molar-refractivity contribution is -0.164. The summed E-state index contributed by atoms with van der Waals surface area (Å²) in [5, 5.41) is 18.1. The van der Waals surface area contributed by atoms with E-state index in [4.69, 9.17) is 15.6 Å². The number of ether oxygens (including phenoxy) is 1. The smallest absolute Gasteiger partial charge is 0.323 e. The molecule has 0 saturated heterocycles. The van der Waals surface area contributed by atoms with Crippen LogP contribution in [0.1, 0.15) is 104 Å². The minimum absolute atomic E-state index is 0.1000. The second-order valence-corrected chi connectivity index (χ2v) is 13.9. The summed E-state index contributed by atoms with van der Waals surface area (Å²) in [5.74, 6) is 0.287. The van der Waals surface area contributed by atoms with Gasteiger partial charge in [-0.3, -0.25) is 14.4 Å². The molecule has 0 amide bonds. The lowest BCUT2D eigenvalue weighted by atomic mass is 9.44. The molecular weight excluding hydrogens is 498 g/mol. The van der Waals surface area contributed by atoms with E-state index < -0.39 is 29.9 Å². The van der Waals surface area contributed by atoms with E-state index in [1.165, 1.54) is 32.1 Å². The molecule has 0 aromatic carbocycles. The molecule has 0 aromatic heterocycles. The van der Waals surface area contributed by atoms with E-state index in [2.05, 4.69) is 20.8 Å². The van der Waals surface area contributed by atoms with Gasteiger partial charge in [0.25, 0.3) is 0 Å². The number of hydrogen-bond acceptors (Lipinski definition) is 6. The van der Waals surface area contributed by atoms with Crippen molar-refractivity contribution in [2.24, 2.45) is 58.0 Å². The maximum atomic E-state index is 12.5. The van der Waals surface area contributed by atoms with Crippen LogP contribution in [0.25, 0.3) is 0 Å². The molecule has 11 atom stereocenters. The van der Waals surface area contributed by atoms with Crippen molar-refractivity contribution < 1.29 is 34.1 Å². The number of carbonyl (C=O) groups is 4. The highest BCUT2D eigenvalue weighted by Gasteiger charge is 2.60. The topological polar surface area (TPSA) is 144 Å². The number of esters is 1. The van der Waals surface area contributed by atoms with Gasteiger partial charge in [-0.2, -0.15) is 0 Å². The van der Waals surface area contributed by atoms with Crippen LogP contribution in [0.5, 0.6) is 0 Å². The Balaban J connectivity index is 1.36. The Labute approximate surface area is 232 Å². The van der Waals surface area contributed by atoms with Gasteiger partial charge in [-0.05, 0) is 123 Å². The third-order valence-corrected chi connectivity index (χ3v) is 12.0. The largest absolute Gasteiger partial charge is 0.481 e. The van der Waals surface area contributed by atoms with Crippen LogP contribution in [0.4, 0.5) is 0 Å². The number of carboxylic acid groups (broad SMARTS) is 2. The third kappa shape index (κ3) is 5.91. The molecular formula is C31H49NO7. The normalized spacial score (nSPS) is 39.8. The SMILES string of the molecule is C[C@H](CCC(C=O)C(=O)O)C1CCC2C3CCC4CC(OC(=O)[C@@H](N)CCC(=O)O)CC[C@]4(C)C3CCC21C. The first-order valence-corrected chi connectivity index (χ1v) is 15.3. The lowest BCUT2D eigenvalue weighted by Gasteiger charge is -2.61. The van der Waals surface area contributed by atoms with Gasteiger partial charge >= 0.3 is 17.9 Å². The average molecular weight is 548 g/mol. The number of rotatable bonds is 11. The Morgan fingerprint density at radius 1 is 0.949 bits per heavy atom. The van der Waals surface area contributed by atoms with E-state index in [1.807, 2.05) is 0 Å². The summed E-state index contributed by atoms with van der Waals surface area (Å²) < 4.78 is 5.79. The van der Waals surface area contributed by atoms with E-state index in [9.17, 15) is 24.3 Å². The van der Waals surface area contributed by atoms with E-state index in [0.717, 1.165) is 32.1 Å². The number of aliphatic carboxylic acids is 2. The van der Waals surface area contributed by atoms with Gasteiger partial charge in [-0.25, -0.2) is 0 Å². The Morgan fingerprint density at radius 3 is 2.31 bits per heavy atom. The molecule has 4 aliphatic carbocycles. The van der Waals surface area contributed by atoms with E-state index in [0.29, 0.717) is 48.2 Å². The predicted octanol–water partition coefficient (Wildman–Crippen LogP) is 5.07. The van der Waals surface area contributed by atoms with Gasteiger partial charge in [0.2, 0.25) is 0 Å². The Hall–Kier alpha value is -1.96. The molecule has 0 spiro atoms. The summed E-state index contributed by atoms with van der Waals surface area (Å²) >= 11 is 0. The van der Waals surface area contributed by atoms with Crippen LogP contribution < -0.4 is 5.73 Å². The molecule has 0 aromatic rings. The number of aldehydes is 1. The third-order valence-electron chi connectivity index (χ3n) is 12.0. The zero-order valence-electron chi connectivity index (χ0n) is 24.0. The molecule has 4 aliphatic rings. The monoisotopic (exact) mass is 547 g/mol. The first-order chi connectivity index (χ1) is 18.4. The van der Waals surface area contributed by atoms with Crippen LogP contribution in [0.3, 0.4) is 0 Å². The fourth-order valence-corrected chi connectivity index (χ4v) is 9.84. The second kappa shape index (κ2) is 11.9. The quantitative estimate of drug-likeness (QED) is 0.185. The molecule has 8 unspecified atom stereocenters. The number of carbonyl (C=O) groups excluding carboxylic acids is 2. The fraction of sp³-hybridized carbons (Fsp3) is 0.871. The summed E-state index contributed by atoms with van der Waals surface area (Å²) in [5.41, 5.74) is 6.43. The molecule has 0 bridgehead atoms. The van der Waals surface area contributed by atoms with Crippen molar-refractivity contribution in [2.45, 2.75) is 116 Å². The van der Waals surface area contributed by atoms with Gasteiger partial charge in [0, 0.05) is 6.42 Å². The van der Waals surface area contributed by atoms with Crippen LogP contribution in [0.2, 0.25) is 0 Å². The summed E-state index contributed by atoms with van der Waals surface area (Å²) in [6, 6.07) is -0.882. The maximum absolute atomic E-state index is 12.5. The van der Waals surface area contributed by atoms with Crippen LogP contribution in [0.15, 0.2) is 0 Å². The molecule has 8 nitrogen and oxygen atoms in total. The number of hydrogen-bond donors (Lipinski definition) is 3. The molecule has 4 N–H and O–H groups in total. The predicted molar refractivity (Wildman–Crippen MR) is 146 cm³/mol. The molecule has 4 saturated carbocycles. The van der Waals surface area contributed by atoms with Crippen LogP contribution in [-0.2, 0) is 23.9 Å². The van der Waals surface area contributed by atoms with Crippen molar-refractivity contribution in [3.63, 3.8) is 0 Å². The molecule has 4 rings (SSSR count). The minimum Gasteiger partial charge on any atom is -0.481 e. The van der Waals surface area contributed by atoms with Crippen molar-refractivity contribution in [1.29, 1.82) is 0 Å². The summed E-state index contributed by atoms with van der Waals surface area (Å²) in [6.07, 6.45) is 11.7. The van der Waals surface area contributed by atoms with E-state index >= 15 is 0 Å². The molecule has 220 valence electrons. The molecule has 4 fully saturated rings. The highest BCUT2D eigenvalue weighted by molar-refractivity contribution is 5.86. The van der Waals surface area contributed by atoms with Gasteiger partial charge in [-0.1, -0.05) is 20.8 Å². The summed E-state index contributed by atoms with van der Waals surface area (Å²) in [6.45, 7) is 7.24. The first kappa shape index (κ1) is 30.0. The highest BCUT2D eigenvalue weighted by atomic mass is 16.5. The highest BCUT2D eigenvalue weighted by Crippen LogP contribution is 2.68. The zero-order chi connectivity index (χ0) is 28.5. The maximum Gasteiger partial charge on any atom is 0.323 e. The van der Waals surface area contributed by atoms with Crippen molar-refractivity contribution in [3.8, 4) is 0 Å². The number of fused-ring (bicyclic) bond motifs is 5. The van der Waals surface area contributed by atoms with Gasteiger partial charge in [0.1, 0.15) is 24.3 Å². The zero-order valence-corrected chi connectivity index (χ0v) is 24.0. The van der Waals surface area contributed by atoms with Crippen LogP contribution in [-0.4, -0.2) is 46.6 Å². The fourth-order valence-electron chi connectivity index (χ4n) is 9.84. The number of nitrogens with two attached hydrogens (primary N) is 1. The minimum atomic E-state index is -1.01.